The maximum Gasteiger partial charge on any atom is 0.244 e. The van der Waals surface area contributed by atoms with Crippen LogP contribution in [-0.4, -0.2) is 34.0 Å². The molecule has 1 N–H and O–H groups in total. The van der Waals surface area contributed by atoms with Crippen LogP contribution in [0.15, 0.2) is 48.7 Å². The number of amides is 2. The third kappa shape index (κ3) is 5.01. The predicted octanol–water partition coefficient (Wildman–Crippen LogP) is 2.27. The number of anilines is 1. The van der Waals surface area contributed by atoms with E-state index >= 15 is 0 Å². The highest BCUT2D eigenvalue weighted by atomic mass is 16.2. The lowest BCUT2D eigenvalue weighted by Gasteiger charge is -2.20. The highest BCUT2D eigenvalue weighted by Gasteiger charge is 2.15. The van der Waals surface area contributed by atoms with Gasteiger partial charge >= 0.3 is 0 Å². The Morgan fingerprint density at radius 3 is 2.29 bits per heavy atom. The lowest BCUT2D eigenvalue weighted by Crippen LogP contribution is -2.36. The Kier molecular flexibility index (Phi) is 5.78. The van der Waals surface area contributed by atoms with Gasteiger partial charge in [-0.25, -0.2) is 0 Å². The fourth-order valence-electron chi connectivity index (χ4n) is 2.13. The zero-order valence-corrected chi connectivity index (χ0v) is 13.7. The van der Waals surface area contributed by atoms with Crippen LogP contribution in [0.25, 0.3) is 0 Å². The number of ketones is 1. The molecule has 24 heavy (non-hydrogen) atoms. The number of rotatable bonds is 6. The minimum atomic E-state index is -0.309. The number of hydrogen-bond acceptors (Lipinski definition) is 4. The van der Waals surface area contributed by atoms with E-state index in [1.54, 1.807) is 42.6 Å². The molecule has 1 aromatic heterocycles. The van der Waals surface area contributed by atoms with Crippen LogP contribution in [0.3, 0.4) is 0 Å². The maximum atomic E-state index is 12.1. The molecule has 2 aromatic rings. The second kappa shape index (κ2) is 8.01. The molecule has 2 rings (SSSR count). The van der Waals surface area contributed by atoms with E-state index in [1.165, 1.54) is 18.7 Å². The molecule has 0 fully saturated rings. The van der Waals surface area contributed by atoms with Gasteiger partial charge in [0.1, 0.15) is 6.54 Å². The molecular weight excluding hydrogens is 306 g/mol. The summed E-state index contributed by atoms with van der Waals surface area (Å²) in [4.78, 5) is 40.7. The second-order valence-corrected chi connectivity index (χ2v) is 5.38. The van der Waals surface area contributed by atoms with Gasteiger partial charge in [0.05, 0.1) is 12.2 Å². The molecule has 0 aliphatic carbocycles. The topological polar surface area (TPSA) is 79.4 Å². The Hall–Kier alpha value is -3.02. The molecule has 1 heterocycles. The third-order valence-corrected chi connectivity index (χ3v) is 3.43. The van der Waals surface area contributed by atoms with E-state index in [2.05, 4.69) is 10.3 Å². The summed E-state index contributed by atoms with van der Waals surface area (Å²) in [6, 6.07) is 12.0. The Morgan fingerprint density at radius 1 is 1.04 bits per heavy atom. The number of pyridine rings is 1. The standard InChI is InChI=1S/C18H19N3O3/c1-13(22)15-6-8-16(9-7-15)20-18(24)12-21(14(2)23)11-17-5-3-4-10-19-17/h3-10H,11-12H2,1-2H3,(H,20,24). The average Bonchev–Trinajstić information content (AvgIpc) is 2.55. The predicted molar refractivity (Wildman–Crippen MR) is 90.4 cm³/mol. The molecule has 0 bridgehead atoms. The van der Waals surface area contributed by atoms with E-state index in [4.69, 9.17) is 0 Å². The lowest BCUT2D eigenvalue weighted by molar-refractivity contribution is -0.133. The summed E-state index contributed by atoms with van der Waals surface area (Å²) in [5, 5.41) is 2.71. The summed E-state index contributed by atoms with van der Waals surface area (Å²) >= 11 is 0. The zero-order chi connectivity index (χ0) is 17.5. The number of carbonyl (C=O) groups excluding carboxylic acids is 3. The molecule has 0 aliphatic rings. The Labute approximate surface area is 140 Å². The summed E-state index contributed by atoms with van der Waals surface area (Å²) in [7, 11) is 0. The quantitative estimate of drug-likeness (QED) is 0.826. The van der Waals surface area contributed by atoms with Crippen molar-refractivity contribution in [3.63, 3.8) is 0 Å². The fraction of sp³-hybridized carbons (Fsp3) is 0.222. The first-order valence-electron chi connectivity index (χ1n) is 7.52. The van der Waals surface area contributed by atoms with Crippen LogP contribution in [0, 0.1) is 0 Å². The molecule has 0 saturated carbocycles. The first-order chi connectivity index (χ1) is 11.5. The highest BCUT2D eigenvalue weighted by Crippen LogP contribution is 2.10. The van der Waals surface area contributed by atoms with Crippen molar-refractivity contribution < 1.29 is 14.4 Å². The Bertz CT molecular complexity index is 727. The molecule has 124 valence electrons. The van der Waals surface area contributed by atoms with Crippen molar-refractivity contribution in [2.45, 2.75) is 20.4 Å². The SMILES string of the molecule is CC(=O)c1ccc(NC(=O)CN(Cc2ccccn2)C(C)=O)cc1. The molecule has 6 heteroatoms. The average molecular weight is 325 g/mol. The maximum absolute atomic E-state index is 12.1. The van der Waals surface area contributed by atoms with Gasteiger partial charge in [0.2, 0.25) is 11.8 Å². The number of nitrogens with one attached hydrogen (secondary N) is 1. The van der Waals surface area contributed by atoms with Gasteiger partial charge in [0.25, 0.3) is 0 Å². The number of nitrogens with zero attached hydrogens (tertiary/aromatic N) is 2. The van der Waals surface area contributed by atoms with Crippen LogP contribution in [0.2, 0.25) is 0 Å². The van der Waals surface area contributed by atoms with Crippen LogP contribution in [0.1, 0.15) is 29.9 Å². The minimum absolute atomic E-state index is 0.0361. The van der Waals surface area contributed by atoms with Crippen LogP contribution >= 0.6 is 0 Å². The van der Waals surface area contributed by atoms with E-state index in [0.717, 1.165) is 0 Å². The minimum Gasteiger partial charge on any atom is -0.328 e. The van der Waals surface area contributed by atoms with Crippen molar-refractivity contribution in [2.24, 2.45) is 0 Å². The summed E-state index contributed by atoms with van der Waals surface area (Å²) in [5.41, 5.74) is 1.87. The van der Waals surface area contributed by atoms with Gasteiger partial charge in [0, 0.05) is 24.4 Å². The largest absolute Gasteiger partial charge is 0.328 e. The van der Waals surface area contributed by atoms with Crippen molar-refractivity contribution in [3.05, 3.63) is 59.9 Å². The van der Waals surface area contributed by atoms with Crippen LogP contribution < -0.4 is 5.32 Å². The molecule has 0 saturated heterocycles. The Morgan fingerprint density at radius 2 is 1.75 bits per heavy atom. The monoisotopic (exact) mass is 325 g/mol. The van der Waals surface area contributed by atoms with Gasteiger partial charge in [-0.15, -0.1) is 0 Å². The smallest absolute Gasteiger partial charge is 0.244 e. The number of hydrogen-bond donors (Lipinski definition) is 1. The normalized spacial score (nSPS) is 10.1. The zero-order valence-electron chi connectivity index (χ0n) is 13.7. The number of Topliss-reactive ketones (excluding diaryl/α,β-unsaturated/α-hetero) is 1. The van der Waals surface area contributed by atoms with Gasteiger partial charge in [0.15, 0.2) is 5.78 Å². The summed E-state index contributed by atoms with van der Waals surface area (Å²) in [5.74, 6) is -0.551. The Balaban J connectivity index is 1.97. The third-order valence-electron chi connectivity index (χ3n) is 3.43. The van der Waals surface area contributed by atoms with Gasteiger partial charge < -0.3 is 10.2 Å². The molecule has 1 aromatic carbocycles. The molecule has 0 aliphatic heterocycles. The number of benzene rings is 1. The molecule has 6 nitrogen and oxygen atoms in total. The first kappa shape index (κ1) is 17.3. The van der Waals surface area contributed by atoms with Crippen molar-refractivity contribution in [1.29, 1.82) is 0 Å². The summed E-state index contributed by atoms with van der Waals surface area (Å²) in [6.45, 7) is 3.10. The molecule has 0 spiro atoms. The van der Waals surface area contributed by atoms with Gasteiger partial charge in [-0.2, -0.15) is 0 Å². The number of carbonyl (C=O) groups is 3. The van der Waals surface area contributed by atoms with Crippen LogP contribution in [0.5, 0.6) is 0 Å². The van der Waals surface area contributed by atoms with Crippen molar-refractivity contribution in [2.75, 3.05) is 11.9 Å². The van der Waals surface area contributed by atoms with Crippen molar-refractivity contribution in [1.82, 2.24) is 9.88 Å². The van der Waals surface area contributed by atoms with E-state index in [0.29, 0.717) is 16.9 Å². The van der Waals surface area contributed by atoms with Crippen molar-refractivity contribution in [3.8, 4) is 0 Å². The second-order valence-electron chi connectivity index (χ2n) is 5.38. The van der Waals surface area contributed by atoms with Crippen LogP contribution in [-0.2, 0) is 16.1 Å². The molecular formula is C18H19N3O3. The molecule has 0 unspecified atom stereocenters. The van der Waals surface area contributed by atoms with Gasteiger partial charge in [-0.1, -0.05) is 6.07 Å². The van der Waals surface area contributed by atoms with E-state index in [-0.39, 0.29) is 30.7 Å². The lowest BCUT2D eigenvalue weighted by atomic mass is 10.1. The fourth-order valence-corrected chi connectivity index (χ4v) is 2.13. The summed E-state index contributed by atoms with van der Waals surface area (Å²) in [6.07, 6.45) is 1.64. The highest BCUT2D eigenvalue weighted by molar-refractivity contribution is 5.96. The first-order valence-corrected chi connectivity index (χ1v) is 7.52. The van der Waals surface area contributed by atoms with E-state index < -0.39 is 0 Å². The van der Waals surface area contributed by atoms with Crippen molar-refractivity contribution >= 4 is 23.3 Å². The van der Waals surface area contributed by atoms with Crippen LogP contribution in [0.4, 0.5) is 5.69 Å². The molecule has 0 radical (unpaired) electrons. The van der Waals surface area contributed by atoms with Gasteiger partial charge in [-0.3, -0.25) is 19.4 Å². The van der Waals surface area contributed by atoms with E-state index in [9.17, 15) is 14.4 Å². The molecule has 2 amide bonds. The number of aromatic nitrogens is 1. The summed E-state index contributed by atoms with van der Waals surface area (Å²) < 4.78 is 0. The van der Waals surface area contributed by atoms with E-state index in [1.807, 2.05) is 6.07 Å². The molecule has 0 atom stereocenters. The van der Waals surface area contributed by atoms with Gasteiger partial charge in [-0.05, 0) is 43.3 Å².